The van der Waals surface area contributed by atoms with E-state index in [1.165, 1.54) is 74.3 Å². The van der Waals surface area contributed by atoms with Crippen LogP contribution in [0.5, 0.6) is 0 Å². The van der Waals surface area contributed by atoms with Gasteiger partial charge in [0.15, 0.2) is 8.07 Å². The van der Waals surface area contributed by atoms with Gasteiger partial charge in [0.2, 0.25) is 0 Å². The number of rotatable bonds is 8. The summed E-state index contributed by atoms with van der Waals surface area (Å²) in [6.07, 6.45) is 0. The zero-order valence-electron chi connectivity index (χ0n) is 36.0. The van der Waals surface area contributed by atoms with Crippen LogP contribution in [-0.4, -0.2) is 16.1 Å². The lowest BCUT2D eigenvalue weighted by molar-refractivity contribution is 1.34. The first kappa shape index (κ1) is 45.6. The Morgan fingerprint density at radius 1 is 0.267 bits per heavy atom. The molecular formula is C57H62SSi2. The molecule has 0 atom stereocenters. The highest BCUT2D eigenvalue weighted by Gasteiger charge is 2.41. The van der Waals surface area contributed by atoms with Crippen molar-refractivity contribution in [2.45, 2.75) is 71.9 Å². The van der Waals surface area contributed by atoms with Crippen molar-refractivity contribution in [2.24, 2.45) is 0 Å². The largest absolute Gasteiger partial charge is 0.179 e. The lowest BCUT2D eigenvalue weighted by atomic mass is 10.2. The van der Waals surface area contributed by atoms with E-state index in [4.69, 9.17) is 0 Å². The van der Waals surface area contributed by atoms with Gasteiger partial charge in [-0.2, -0.15) is 0 Å². The second-order valence-corrected chi connectivity index (χ2v) is 25.7. The monoisotopic (exact) mass is 834 g/mol. The Morgan fingerprint density at radius 2 is 0.483 bits per heavy atom. The molecule has 0 aliphatic heterocycles. The van der Waals surface area contributed by atoms with Crippen LogP contribution >= 0.6 is 11.8 Å². The van der Waals surface area contributed by atoms with E-state index in [0.717, 1.165) is 0 Å². The summed E-state index contributed by atoms with van der Waals surface area (Å²) in [7, 11) is -3.85. The average Bonchev–Trinajstić information content (AvgIpc) is 3.26. The molecule has 0 bridgehead atoms. The highest BCUT2D eigenvalue weighted by molar-refractivity contribution is 7.99. The maximum Gasteiger partial charge on any atom is 0.179 e. The molecule has 0 nitrogen and oxygen atoms in total. The van der Waals surface area contributed by atoms with Gasteiger partial charge >= 0.3 is 0 Å². The van der Waals surface area contributed by atoms with Crippen LogP contribution in [-0.2, 0) is 0 Å². The van der Waals surface area contributed by atoms with Crippen LogP contribution in [0.4, 0.5) is 0 Å². The van der Waals surface area contributed by atoms with Crippen LogP contribution in [0, 0.1) is 41.5 Å². The first-order valence-electron chi connectivity index (χ1n) is 20.7. The van der Waals surface area contributed by atoms with Crippen molar-refractivity contribution >= 4 is 59.0 Å². The molecule has 0 radical (unpaired) electrons. The second kappa shape index (κ2) is 21.2. The van der Waals surface area contributed by atoms with Gasteiger partial charge in [-0.3, -0.25) is 0 Å². The molecule has 0 aromatic heterocycles. The molecule has 0 aliphatic rings. The molecule has 304 valence electrons. The quantitative estimate of drug-likeness (QED) is 0.109. The van der Waals surface area contributed by atoms with Gasteiger partial charge in [0.1, 0.15) is 8.07 Å². The predicted molar refractivity (Wildman–Crippen MR) is 272 cm³/mol. The smallest absolute Gasteiger partial charge is 0.0901 e. The fourth-order valence-corrected chi connectivity index (χ4v) is 15.3. The van der Waals surface area contributed by atoms with Crippen molar-refractivity contribution in [2.75, 3.05) is 0 Å². The van der Waals surface area contributed by atoms with E-state index in [-0.39, 0.29) is 7.43 Å². The maximum atomic E-state index is 2.42. The SMILES string of the molecule is C.Cc1ccc(Sc2ccc(C)cc2)cc1.Cc1ccc([Si](C)(C)c2ccc(C)cc2)cc1.Cc1ccc([Si](c2ccccc2)(c2ccccc2)c2ccc(C)cc2)cc1. The van der Waals surface area contributed by atoms with Crippen LogP contribution in [0.15, 0.2) is 216 Å². The van der Waals surface area contributed by atoms with E-state index in [9.17, 15) is 0 Å². The highest BCUT2D eigenvalue weighted by Crippen LogP contribution is 2.27. The minimum Gasteiger partial charge on any atom is -0.0901 e. The number of hydrogen-bond acceptors (Lipinski definition) is 1. The van der Waals surface area contributed by atoms with Gasteiger partial charge in [0, 0.05) is 9.79 Å². The fourth-order valence-electron chi connectivity index (χ4n) is 7.44. The van der Waals surface area contributed by atoms with Gasteiger partial charge in [-0.1, -0.05) is 258 Å². The van der Waals surface area contributed by atoms with Gasteiger partial charge in [0.05, 0.1) is 0 Å². The van der Waals surface area contributed by atoms with Crippen LogP contribution in [0.3, 0.4) is 0 Å². The third-order valence-corrected chi connectivity index (χ3v) is 20.6. The molecule has 8 rings (SSSR count). The Labute approximate surface area is 368 Å². The molecule has 8 aromatic carbocycles. The molecule has 60 heavy (non-hydrogen) atoms. The van der Waals surface area contributed by atoms with E-state index in [1.807, 2.05) is 0 Å². The zero-order chi connectivity index (χ0) is 41.8. The Morgan fingerprint density at radius 3 is 0.750 bits per heavy atom. The molecule has 0 unspecified atom stereocenters. The van der Waals surface area contributed by atoms with E-state index in [1.54, 1.807) is 11.8 Å². The first-order chi connectivity index (χ1) is 28.4. The number of hydrogen-bond donors (Lipinski definition) is 0. The second-order valence-electron chi connectivity index (χ2n) is 16.3. The summed E-state index contributed by atoms with van der Waals surface area (Å²) in [6, 6.07) is 75.8. The minimum absolute atomic E-state index is 0. The van der Waals surface area contributed by atoms with Gasteiger partial charge in [-0.05, 0) is 86.6 Å². The maximum absolute atomic E-state index is 2.42. The van der Waals surface area contributed by atoms with Gasteiger partial charge in [-0.15, -0.1) is 0 Å². The van der Waals surface area contributed by atoms with E-state index in [2.05, 4.69) is 261 Å². The molecule has 8 aromatic rings. The Bertz CT molecular complexity index is 2290. The Hall–Kier alpha value is -5.46. The normalized spacial score (nSPS) is 10.9. The summed E-state index contributed by atoms with van der Waals surface area (Å²) >= 11 is 1.80. The minimum atomic E-state index is -2.35. The molecule has 0 heterocycles. The standard InChI is InChI=1S/C26H24Si.C16H20Si.C14H14S.CH4/c1-21-13-17-25(18-14-21)27(23-9-5-3-6-10-23,24-11-7-4-8-12-24)26-19-15-22(2)16-20-26;1-13-5-9-15(10-6-13)17(3,4)16-11-7-14(2)8-12-16;1-11-3-7-13(8-4-11)15-14-9-5-12(2)6-10-14;/h3-20H,1-2H3;5-12H,1-4H3;3-10H,1-2H3;1H4. The van der Waals surface area contributed by atoms with Crippen LogP contribution in [0.25, 0.3) is 0 Å². The molecule has 0 aliphatic carbocycles. The summed E-state index contributed by atoms with van der Waals surface area (Å²) in [5.74, 6) is 0. The highest BCUT2D eigenvalue weighted by atomic mass is 32.2. The van der Waals surface area contributed by atoms with Crippen molar-refractivity contribution in [1.82, 2.24) is 0 Å². The summed E-state index contributed by atoms with van der Waals surface area (Å²) < 4.78 is 0. The Balaban J connectivity index is 0.000000180. The zero-order valence-corrected chi connectivity index (χ0v) is 38.9. The van der Waals surface area contributed by atoms with E-state index >= 15 is 0 Å². The van der Waals surface area contributed by atoms with Crippen molar-refractivity contribution in [3.8, 4) is 0 Å². The van der Waals surface area contributed by atoms with Crippen LogP contribution in [0.1, 0.15) is 40.8 Å². The molecule has 0 saturated heterocycles. The van der Waals surface area contributed by atoms with Crippen LogP contribution < -0.4 is 31.1 Å². The summed E-state index contributed by atoms with van der Waals surface area (Å²) in [5.41, 5.74) is 7.88. The third kappa shape index (κ3) is 11.4. The lowest BCUT2D eigenvalue weighted by Crippen LogP contribution is -2.74. The molecule has 3 heteroatoms. The van der Waals surface area contributed by atoms with Crippen molar-refractivity contribution in [3.05, 3.63) is 240 Å². The van der Waals surface area contributed by atoms with Crippen molar-refractivity contribution in [1.29, 1.82) is 0 Å². The van der Waals surface area contributed by atoms with Crippen LogP contribution in [0.2, 0.25) is 13.1 Å². The van der Waals surface area contributed by atoms with Crippen molar-refractivity contribution < 1.29 is 0 Å². The van der Waals surface area contributed by atoms with Crippen molar-refractivity contribution in [3.63, 3.8) is 0 Å². The molecular weight excluding hydrogens is 773 g/mol. The van der Waals surface area contributed by atoms with Gasteiger partial charge < -0.3 is 0 Å². The predicted octanol–water partition coefficient (Wildman–Crippen LogP) is 11.9. The Kier molecular flexibility index (Phi) is 16.1. The van der Waals surface area contributed by atoms with E-state index < -0.39 is 16.1 Å². The molecule has 0 fully saturated rings. The first-order valence-corrected chi connectivity index (χ1v) is 26.5. The summed E-state index contributed by atoms with van der Waals surface area (Å²) in [6.45, 7) is 17.7. The average molecular weight is 835 g/mol. The molecule has 0 saturated carbocycles. The number of aryl methyl sites for hydroxylation is 6. The lowest BCUT2D eigenvalue weighted by Gasteiger charge is -2.34. The van der Waals surface area contributed by atoms with Gasteiger partial charge in [0.25, 0.3) is 0 Å². The topological polar surface area (TPSA) is 0 Å². The molecule has 0 N–H and O–H groups in total. The summed E-state index contributed by atoms with van der Waals surface area (Å²) in [4.78, 5) is 2.59. The van der Waals surface area contributed by atoms with E-state index in [0.29, 0.717) is 0 Å². The third-order valence-electron chi connectivity index (χ3n) is 11.2. The number of benzene rings is 8. The molecule has 0 amide bonds. The fraction of sp³-hybridized carbons (Fsp3) is 0.158. The van der Waals surface area contributed by atoms with Gasteiger partial charge in [-0.25, -0.2) is 0 Å². The summed E-state index contributed by atoms with van der Waals surface area (Å²) in [5, 5.41) is 8.70. The molecule has 0 spiro atoms.